The van der Waals surface area contributed by atoms with Crippen molar-refractivity contribution in [2.24, 2.45) is 0 Å². The van der Waals surface area contributed by atoms with Crippen molar-refractivity contribution in [2.75, 3.05) is 11.1 Å². The monoisotopic (exact) mass is 216 g/mol. The molecule has 0 spiro atoms. The van der Waals surface area contributed by atoms with Gasteiger partial charge in [0.1, 0.15) is 11.6 Å². The summed E-state index contributed by atoms with van der Waals surface area (Å²) >= 11 is 0. The summed E-state index contributed by atoms with van der Waals surface area (Å²) in [6.07, 6.45) is 1.60. The van der Waals surface area contributed by atoms with Gasteiger partial charge in [-0.3, -0.25) is 0 Å². The maximum absolute atomic E-state index is 9.58. The third kappa shape index (κ3) is 2.38. The van der Waals surface area contributed by atoms with E-state index in [9.17, 15) is 5.11 Å². The molecule has 82 valence electrons. The van der Waals surface area contributed by atoms with Crippen LogP contribution in [0.1, 0.15) is 5.56 Å². The van der Waals surface area contributed by atoms with Crippen LogP contribution in [0.4, 0.5) is 11.5 Å². The largest absolute Gasteiger partial charge is 0.508 e. The normalized spacial score (nSPS) is 10.0. The second-order valence-electron chi connectivity index (χ2n) is 3.35. The molecule has 1 aromatic heterocycles. The van der Waals surface area contributed by atoms with Crippen LogP contribution in [-0.4, -0.2) is 15.3 Å². The van der Waals surface area contributed by atoms with Crippen LogP contribution in [0.2, 0.25) is 0 Å². The molecule has 16 heavy (non-hydrogen) atoms. The molecule has 0 aliphatic carbocycles. The lowest BCUT2D eigenvalue weighted by Crippen LogP contribution is -2.02. The fourth-order valence-electron chi connectivity index (χ4n) is 1.33. The first-order chi connectivity index (χ1) is 7.75. The molecule has 1 heterocycles. The molecule has 4 N–H and O–H groups in total. The molecular formula is C11H12N4O. The maximum Gasteiger partial charge on any atom is 0.148 e. The Morgan fingerprint density at radius 3 is 2.94 bits per heavy atom. The molecule has 2 rings (SSSR count). The summed E-state index contributed by atoms with van der Waals surface area (Å²) in [4.78, 5) is 0. The van der Waals surface area contributed by atoms with E-state index in [1.165, 1.54) is 0 Å². The molecule has 5 nitrogen and oxygen atoms in total. The van der Waals surface area contributed by atoms with Crippen molar-refractivity contribution in [2.45, 2.75) is 6.54 Å². The zero-order valence-electron chi connectivity index (χ0n) is 8.59. The molecule has 0 bridgehead atoms. The zero-order chi connectivity index (χ0) is 11.4. The van der Waals surface area contributed by atoms with Gasteiger partial charge in [-0.1, -0.05) is 0 Å². The second-order valence-corrected chi connectivity index (χ2v) is 3.35. The van der Waals surface area contributed by atoms with Gasteiger partial charge in [-0.15, -0.1) is 5.10 Å². The minimum absolute atomic E-state index is 0.214. The number of benzene rings is 1. The summed E-state index contributed by atoms with van der Waals surface area (Å²) in [5, 5.41) is 20.2. The number of anilines is 2. The lowest BCUT2D eigenvalue weighted by atomic mass is 10.2. The van der Waals surface area contributed by atoms with Crippen molar-refractivity contribution in [1.29, 1.82) is 0 Å². The van der Waals surface area contributed by atoms with E-state index in [1.54, 1.807) is 36.5 Å². The van der Waals surface area contributed by atoms with Gasteiger partial charge in [-0.05, 0) is 30.3 Å². The van der Waals surface area contributed by atoms with Crippen LogP contribution in [0.3, 0.4) is 0 Å². The summed E-state index contributed by atoms with van der Waals surface area (Å²) in [6.45, 7) is 0.454. The van der Waals surface area contributed by atoms with Crippen molar-refractivity contribution < 1.29 is 5.11 Å². The molecule has 0 amide bonds. The van der Waals surface area contributed by atoms with E-state index in [2.05, 4.69) is 15.5 Å². The number of nitrogens with zero attached hydrogens (tertiary/aromatic N) is 2. The van der Waals surface area contributed by atoms with Crippen LogP contribution >= 0.6 is 0 Å². The number of phenols is 1. The van der Waals surface area contributed by atoms with Crippen LogP contribution < -0.4 is 11.1 Å². The smallest absolute Gasteiger partial charge is 0.148 e. The van der Waals surface area contributed by atoms with Gasteiger partial charge in [-0.25, -0.2) is 0 Å². The van der Waals surface area contributed by atoms with Crippen molar-refractivity contribution in [1.82, 2.24) is 10.2 Å². The number of phenolic OH excluding ortho intramolecular Hbond substituents is 1. The number of aromatic hydroxyl groups is 1. The van der Waals surface area contributed by atoms with E-state index in [1.807, 2.05) is 0 Å². The minimum Gasteiger partial charge on any atom is -0.508 e. The van der Waals surface area contributed by atoms with Gasteiger partial charge < -0.3 is 16.2 Å². The first-order valence-corrected chi connectivity index (χ1v) is 4.84. The number of aromatic nitrogens is 2. The highest BCUT2D eigenvalue weighted by atomic mass is 16.3. The molecule has 0 radical (unpaired) electrons. The quantitative estimate of drug-likeness (QED) is 0.533. The van der Waals surface area contributed by atoms with E-state index in [0.717, 1.165) is 5.56 Å². The van der Waals surface area contributed by atoms with Crippen molar-refractivity contribution in [3.63, 3.8) is 0 Å². The van der Waals surface area contributed by atoms with Crippen LogP contribution in [0, 0.1) is 0 Å². The summed E-state index contributed by atoms with van der Waals surface area (Å²) in [7, 11) is 0. The first-order valence-electron chi connectivity index (χ1n) is 4.84. The molecule has 0 saturated heterocycles. The standard InChI is InChI=1S/C11H12N4O/c12-9-3-4-10(16)8(6-9)7-13-11-2-1-5-14-15-11/h1-6,16H,7,12H2,(H,13,15). The number of nitrogens with one attached hydrogen (secondary N) is 1. The van der Waals surface area contributed by atoms with Crippen LogP contribution in [0.5, 0.6) is 5.75 Å². The Morgan fingerprint density at radius 2 is 2.19 bits per heavy atom. The Hall–Kier alpha value is -2.30. The summed E-state index contributed by atoms with van der Waals surface area (Å²) in [5.41, 5.74) is 6.98. The van der Waals surface area contributed by atoms with Gasteiger partial charge in [-0.2, -0.15) is 5.10 Å². The predicted molar refractivity (Wildman–Crippen MR) is 61.9 cm³/mol. The Bertz CT molecular complexity index is 473. The number of hydrogen-bond donors (Lipinski definition) is 3. The number of nitrogen functional groups attached to an aromatic ring is 1. The van der Waals surface area contributed by atoms with E-state index in [4.69, 9.17) is 5.73 Å². The molecule has 0 aliphatic rings. The van der Waals surface area contributed by atoms with Crippen LogP contribution in [0.25, 0.3) is 0 Å². The summed E-state index contributed by atoms with van der Waals surface area (Å²) < 4.78 is 0. The van der Waals surface area contributed by atoms with Gasteiger partial charge in [0.15, 0.2) is 0 Å². The molecule has 1 aromatic carbocycles. The molecule has 5 heteroatoms. The van der Waals surface area contributed by atoms with Crippen molar-refractivity contribution in [3.05, 3.63) is 42.1 Å². The minimum atomic E-state index is 0.214. The second kappa shape index (κ2) is 4.48. The van der Waals surface area contributed by atoms with Gasteiger partial charge in [0.25, 0.3) is 0 Å². The van der Waals surface area contributed by atoms with E-state index in [-0.39, 0.29) is 5.75 Å². The fraction of sp³-hybridized carbons (Fsp3) is 0.0909. The Morgan fingerprint density at radius 1 is 1.31 bits per heavy atom. The average Bonchev–Trinajstić information content (AvgIpc) is 2.32. The third-order valence-corrected chi connectivity index (χ3v) is 2.14. The Balaban J connectivity index is 2.08. The number of nitrogens with two attached hydrogens (primary N) is 1. The third-order valence-electron chi connectivity index (χ3n) is 2.14. The molecule has 2 aromatic rings. The number of hydrogen-bond acceptors (Lipinski definition) is 5. The van der Waals surface area contributed by atoms with Gasteiger partial charge in [0.2, 0.25) is 0 Å². The van der Waals surface area contributed by atoms with E-state index < -0.39 is 0 Å². The Kier molecular flexibility index (Phi) is 2.86. The molecule has 0 aliphatic heterocycles. The highest BCUT2D eigenvalue weighted by molar-refractivity contribution is 5.48. The Labute approximate surface area is 92.9 Å². The van der Waals surface area contributed by atoms with E-state index >= 15 is 0 Å². The molecule has 0 unspecified atom stereocenters. The molecular weight excluding hydrogens is 204 g/mol. The maximum atomic E-state index is 9.58. The summed E-state index contributed by atoms with van der Waals surface area (Å²) in [5.74, 6) is 0.870. The SMILES string of the molecule is Nc1ccc(O)c(CNc2cccnn2)c1. The lowest BCUT2D eigenvalue weighted by molar-refractivity contribution is 0.469. The van der Waals surface area contributed by atoms with Crippen LogP contribution in [0.15, 0.2) is 36.5 Å². The summed E-state index contributed by atoms with van der Waals surface area (Å²) in [6, 6.07) is 8.54. The van der Waals surface area contributed by atoms with Crippen molar-refractivity contribution in [3.8, 4) is 5.75 Å². The predicted octanol–water partition coefficient (Wildman–Crippen LogP) is 1.38. The molecule has 0 saturated carbocycles. The van der Waals surface area contributed by atoms with Crippen LogP contribution in [-0.2, 0) is 6.54 Å². The van der Waals surface area contributed by atoms with E-state index in [0.29, 0.717) is 18.1 Å². The highest BCUT2D eigenvalue weighted by Crippen LogP contribution is 2.20. The topological polar surface area (TPSA) is 84.1 Å². The first kappa shape index (κ1) is 10.2. The average molecular weight is 216 g/mol. The highest BCUT2D eigenvalue weighted by Gasteiger charge is 2.01. The number of rotatable bonds is 3. The lowest BCUT2D eigenvalue weighted by Gasteiger charge is -2.07. The molecule has 0 fully saturated rings. The molecule has 0 atom stereocenters. The zero-order valence-corrected chi connectivity index (χ0v) is 8.59. The van der Waals surface area contributed by atoms with Crippen molar-refractivity contribution >= 4 is 11.5 Å². The fourth-order valence-corrected chi connectivity index (χ4v) is 1.33. The van der Waals surface area contributed by atoms with Gasteiger partial charge in [0, 0.05) is 24.0 Å². The van der Waals surface area contributed by atoms with Gasteiger partial charge >= 0.3 is 0 Å². The van der Waals surface area contributed by atoms with Gasteiger partial charge in [0.05, 0.1) is 0 Å².